The zero-order chi connectivity index (χ0) is 17.5. The van der Waals surface area contributed by atoms with Gasteiger partial charge in [-0.2, -0.15) is 0 Å². The highest BCUT2D eigenvalue weighted by atomic mass is 16.5. The Balaban J connectivity index is 1.63. The van der Waals surface area contributed by atoms with Crippen molar-refractivity contribution in [3.8, 4) is 5.75 Å². The van der Waals surface area contributed by atoms with E-state index in [1.54, 1.807) is 0 Å². The molecule has 0 aliphatic carbocycles. The molecule has 134 valence electrons. The lowest BCUT2D eigenvalue weighted by Gasteiger charge is -2.32. The highest BCUT2D eigenvalue weighted by Crippen LogP contribution is 2.24. The van der Waals surface area contributed by atoms with Gasteiger partial charge in [-0.1, -0.05) is 17.7 Å². The lowest BCUT2D eigenvalue weighted by atomic mass is 10.1. The molecule has 1 aromatic rings. The topological polar surface area (TPSA) is 44.8 Å². The van der Waals surface area contributed by atoms with Crippen molar-refractivity contribution in [2.45, 2.75) is 27.2 Å². The summed E-state index contributed by atoms with van der Waals surface area (Å²) in [5.74, 6) is 0.779. The first-order valence-corrected chi connectivity index (χ1v) is 8.84. The van der Waals surface area contributed by atoms with Crippen LogP contribution in [0.25, 0.3) is 0 Å². The van der Waals surface area contributed by atoms with Crippen molar-refractivity contribution in [1.29, 1.82) is 0 Å². The van der Waals surface area contributed by atoms with Gasteiger partial charge < -0.3 is 19.9 Å². The van der Waals surface area contributed by atoms with Gasteiger partial charge in [-0.05, 0) is 51.9 Å². The zero-order valence-electron chi connectivity index (χ0n) is 15.5. The van der Waals surface area contributed by atoms with E-state index in [4.69, 9.17) is 4.74 Å². The van der Waals surface area contributed by atoms with E-state index in [0.29, 0.717) is 6.54 Å². The number of ether oxygens (including phenoxy) is 1. The molecule has 1 fully saturated rings. The van der Waals surface area contributed by atoms with E-state index in [1.807, 2.05) is 13.8 Å². The molecule has 0 atom stereocenters. The fraction of sp³-hybridized carbons (Fsp3) is 0.632. The number of nitrogens with zero attached hydrogens (tertiary/aromatic N) is 2. The van der Waals surface area contributed by atoms with Crippen LogP contribution in [-0.2, 0) is 4.79 Å². The molecule has 1 N–H and O–H groups in total. The summed E-state index contributed by atoms with van der Waals surface area (Å²) in [7, 11) is 2.16. The van der Waals surface area contributed by atoms with Crippen LogP contribution in [0.4, 0.5) is 0 Å². The summed E-state index contributed by atoms with van der Waals surface area (Å²) in [4.78, 5) is 16.8. The van der Waals surface area contributed by atoms with Crippen molar-refractivity contribution in [3.63, 3.8) is 0 Å². The fourth-order valence-electron chi connectivity index (χ4n) is 3.19. The summed E-state index contributed by atoms with van der Waals surface area (Å²) in [5, 5.41) is 2.95. The number of rotatable bonds is 7. The largest absolute Gasteiger partial charge is 0.483 e. The number of hydrogen-bond acceptors (Lipinski definition) is 4. The standard InChI is InChI=1S/C19H31N3O2/c1-15-12-16(2)19(17(3)13-15)24-14-18(23)20-6-5-7-22-10-8-21(4)9-11-22/h12-13H,5-11,14H2,1-4H3,(H,20,23). The number of piperazine rings is 1. The maximum atomic E-state index is 11.9. The van der Waals surface area contributed by atoms with Crippen molar-refractivity contribution < 1.29 is 9.53 Å². The van der Waals surface area contributed by atoms with Gasteiger partial charge in [-0.25, -0.2) is 0 Å². The van der Waals surface area contributed by atoms with Gasteiger partial charge in [0.1, 0.15) is 5.75 Å². The van der Waals surface area contributed by atoms with Crippen molar-refractivity contribution >= 4 is 5.91 Å². The van der Waals surface area contributed by atoms with Gasteiger partial charge in [0.2, 0.25) is 0 Å². The summed E-state index contributed by atoms with van der Waals surface area (Å²) in [5.41, 5.74) is 3.37. The first-order chi connectivity index (χ1) is 11.5. The molecule has 0 unspecified atom stereocenters. The molecule has 1 heterocycles. The lowest BCUT2D eigenvalue weighted by molar-refractivity contribution is -0.123. The Morgan fingerprint density at radius 1 is 1.12 bits per heavy atom. The summed E-state index contributed by atoms with van der Waals surface area (Å²) < 4.78 is 5.72. The number of benzene rings is 1. The minimum absolute atomic E-state index is 0.0484. The Kier molecular flexibility index (Phi) is 7.06. The minimum Gasteiger partial charge on any atom is -0.483 e. The second-order valence-electron chi connectivity index (χ2n) is 6.86. The second kappa shape index (κ2) is 9.04. The molecule has 1 aliphatic heterocycles. The Hall–Kier alpha value is -1.59. The van der Waals surface area contributed by atoms with E-state index >= 15 is 0 Å². The molecule has 0 radical (unpaired) electrons. The Bertz CT molecular complexity index is 529. The highest BCUT2D eigenvalue weighted by molar-refractivity contribution is 5.77. The average Bonchev–Trinajstić information content (AvgIpc) is 2.52. The first-order valence-electron chi connectivity index (χ1n) is 8.84. The molecule has 0 spiro atoms. The monoisotopic (exact) mass is 333 g/mol. The van der Waals surface area contributed by atoms with Gasteiger partial charge in [-0.3, -0.25) is 4.79 Å². The number of likely N-dealkylation sites (N-methyl/N-ethyl adjacent to an activating group) is 1. The van der Waals surface area contributed by atoms with Crippen LogP contribution in [0.5, 0.6) is 5.75 Å². The number of aryl methyl sites for hydroxylation is 3. The zero-order valence-corrected chi connectivity index (χ0v) is 15.5. The molecule has 1 aromatic carbocycles. The van der Waals surface area contributed by atoms with Crippen LogP contribution in [0.3, 0.4) is 0 Å². The summed E-state index contributed by atoms with van der Waals surface area (Å²) in [6.45, 7) is 12.5. The van der Waals surface area contributed by atoms with E-state index in [2.05, 4.69) is 41.2 Å². The third kappa shape index (κ3) is 5.80. The quantitative estimate of drug-likeness (QED) is 0.772. The number of carbonyl (C=O) groups is 1. The van der Waals surface area contributed by atoms with Crippen LogP contribution in [0.15, 0.2) is 12.1 Å². The number of amides is 1. The van der Waals surface area contributed by atoms with Gasteiger partial charge in [-0.15, -0.1) is 0 Å². The van der Waals surface area contributed by atoms with E-state index < -0.39 is 0 Å². The van der Waals surface area contributed by atoms with Gasteiger partial charge in [0.15, 0.2) is 6.61 Å². The molecule has 1 saturated heterocycles. The van der Waals surface area contributed by atoms with E-state index in [1.165, 1.54) is 5.56 Å². The number of nitrogens with one attached hydrogen (secondary N) is 1. The number of carbonyl (C=O) groups excluding carboxylic acids is 1. The molecule has 2 rings (SSSR count). The van der Waals surface area contributed by atoms with Gasteiger partial charge >= 0.3 is 0 Å². The summed E-state index contributed by atoms with van der Waals surface area (Å²) >= 11 is 0. The maximum absolute atomic E-state index is 11.9. The van der Waals surface area contributed by atoms with Crippen LogP contribution < -0.4 is 10.1 Å². The van der Waals surface area contributed by atoms with Crippen molar-refractivity contribution in [3.05, 3.63) is 28.8 Å². The van der Waals surface area contributed by atoms with Crippen LogP contribution in [0.1, 0.15) is 23.1 Å². The molecule has 5 heteroatoms. The van der Waals surface area contributed by atoms with Crippen LogP contribution in [0, 0.1) is 20.8 Å². The maximum Gasteiger partial charge on any atom is 0.257 e. The van der Waals surface area contributed by atoms with Crippen molar-refractivity contribution in [2.75, 3.05) is 52.9 Å². The van der Waals surface area contributed by atoms with Crippen molar-refractivity contribution in [1.82, 2.24) is 15.1 Å². The predicted molar refractivity (Wildman–Crippen MR) is 97.7 cm³/mol. The van der Waals surface area contributed by atoms with Crippen LogP contribution in [-0.4, -0.2) is 68.6 Å². The molecule has 1 amide bonds. The molecule has 1 aliphatic rings. The molecule has 0 aromatic heterocycles. The van der Waals surface area contributed by atoms with E-state index in [-0.39, 0.29) is 12.5 Å². The summed E-state index contributed by atoms with van der Waals surface area (Å²) in [6, 6.07) is 4.16. The average molecular weight is 333 g/mol. The van der Waals surface area contributed by atoms with E-state index in [0.717, 1.165) is 56.0 Å². The predicted octanol–water partition coefficient (Wildman–Crippen LogP) is 1.74. The SMILES string of the molecule is Cc1cc(C)c(OCC(=O)NCCCN2CCN(C)CC2)c(C)c1. The lowest BCUT2D eigenvalue weighted by Crippen LogP contribution is -2.45. The summed E-state index contributed by atoms with van der Waals surface area (Å²) in [6.07, 6.45) is 0.984. The smallest absolute Gasteiger partial charge is 0.257 e. The Morgan fingerprint density at radius 3 is 2.38 bits per heavy atom. The molecule has 0 bridgehead atoms. The third-order valence-electron chi connectivity index (χ3n) is 4.52. The molecular formula is C19H31N3O2. The molecular weight excluding hydrogens is 302 g/mol. The Morgan fingerprint density at radius 2 is 1.75 bits per heavy atom. The van der Waals surface area contributed by atoms with Crippen LogP contribution in [0.2, 0.25) is 0 Å². The fourth-order valence-corrected chi connectivity index (χ4v) is 3.19. The number of hydrogen-bond donors (Lipinski definition) is 1. The highest BCUT2D eigenvalue weighted by Gasteiger charge is 2.13. The Labute approximate surface area is 146 Å². The first kappa shape index (κ1) is 18.7. The second-order valence-corrected chi connectivity index (χ2v) is 6.86. The third-order valence-corrected chi connectivity index (χ3v) is 4.52. The van der Waals surface area contributed by atoms with Gasteiger partial charge in [0, 0.05) is 32.7 Å². The molecule has 24 heavy (non-hydrogen) atoms. The van der Waals surface area contributed by atoms with Crippen molar-refractivity contribution in [2.24, 2.45) is 0 Å². The van der Waals surface area contributed by atoms with Gasteiger partial charge in [0.05, 0.1) is 0 Å². The van der Waals surface area contributed by atoms with Crippen LogP contribution >= 0.6 is 0 Å². The normalized spacial score (nSPS) is 16.2. The molecule has 0 saturated carbocycles. The minimum atomic E-state index is -0.0484. The van der Waals surface area contributed by atoms with E-state index in [9.17, 15) is 4.79 Å². The van der Waals surface area contributed by atoms with Gasteiger partial charge in [0.25, 0.3) is 5.91 Å². The molecule has 5 nitrogen and oxygen atoms in total.